The molecule has 1 N–H and O–H groups in total. The minimum Gasteiger partial charge on any atom is -0.341 e. The molecular formula is C19H26ClN3O2. The van der Waals surface area contributed by atoms with E-state index in [0.717, 1.165) is 43.0 Å². The quantitative estimate of drug-likeness (QED) is 0.814. The molecule has 5 nitrogen and oxygen atoms in total. The normalized spacial score (nSPS) is 28.2. The van der Waals surface area contributed by atoms with Crippen molar-refractivity contribution in [3.05, 3.63) is 29.3 Å². The van der Waals surface area contributed by atoms with E-state index in [2.05, 4.69) is 11.4 Å². The van der Waals surface area contributed by atoms with E-state index in [1.54, 1.807) is 4.90 Å². The van der Waals surface area contributed by atoms with Gasteiger partial charge in [-0.3, -0.25) is 9.59 Å². The summed E-state index contributed by atoms with van der Waals surface area (Å²) in [4.78, 5) is 29.4. The third-order valence-corrected chi connectivity index (χ3v) is 5.72. The lowest BCUT2D eigenvalue weighted by molar-refractivity contribution is -0.139. The summed E-state index contributed by atoms with van der Waals surface area (Å²) in [5.74, 6) is 0.668. The first-order valence-electron chi connectivity index (χ1n) is 8.92. The van der Waals surface area contributed by atoms with Crippen LogP contribution >= 0.6 is 12.4 Å². The maximum atomic E-state index is 12.9. The number of carbonyl (C=O) groups is 2. The van der Waals surface area contributed by atoms with Crippen molar-refractivity contribution in [1.82, 2.24) is 10.2 Å². The van der Waals surface area contributed by atoms with Crippen molar-refractivity contribution in [2.45, 2.75) is 20.3 Å². The van der Waals surface area contributed by atoms with Gasteiger partial charge in [0.15, 0.2) is 0 Å². The maximum Gasteiger partial charge on any atom is 0.239 e. The SMILES string of the molecule is Cc1cc(C)cc(N2CCC(C(=O)N3C[C@H]4CNC[C@H]4C3)C2=O)c1.Cl. The summed E-state index contributed by atoms with van der Waals surface area (Å²) < 4.78 is 0. The molecule has 1 unspecified atom stereocenters. The van der Waals surface area contributed by atoms with E-state index >= 15 is 0 Å². The number of hydrogen-bond acceptors (Lipinski definition) is 3. The van der Waals surface area contributed by atoms with Crippen molar-refractivity contribution in [3.63, 3.8) is 0 Å². The minimum atomic E-state index is -0.488. The summed E-state index contributed by atoms with van der Waals surface area (Å²) >= 11 is 0. The Hall–Kier alpha value is -1.59. The maximum absolute atomic E-state index is 12.9. The molecule has 6 heteroatoms. The van der Waals surface area contributed by atoms with Gasteiger partial charge in [0, 0.05) is 38.4 Å². The highest BCUT2D eigenvalue weighted by Gasteiger charge is 2.44. The van der Waals surface area contributed by atoms with Crippen LogP contribution in [0, 0.1) is 31.6 Å². The van der Waals surface area contributed by atoms with Crippen molar-refractivity contribution >= 4 is 29.9 Å². The third kappa shape index (κ3) is 3.27. The highest BCUT2D eigenvalue weighted by Crippen LogP contribution is 2.32. The Bertz CT molecular complexity index is 661. The number of likely N-dealkylation sites (tertiary alicyclic amines) is 1. The fraction of sp³-hybridized carbons (Fsp3) is 0.579. The average molecular weight is 364 g/mol. The fourth-order valence-electron chi connectivity index (χ4n) is 4.53. The van der Waals surface area contributed by atoms with Crippen LogP contribution in [0.2, 0.25) is 0 Å². The van der Waals surface area contributed by atoms with E-state index in [-0.39, 0.29) is 24.2 Å². The van der Waals surface area contributed by atoms with Gasteiger partial charge in [0.2, 0.25) is 11.8 Å². The molecule has 3 saturated heterocycles. The molecule has 3 atom stereocenters. The van der Waals surface area contributed by atoms with Gasteiger partial charge in [0.05, 0.1) is 0 Å². The molecule has 3 aliphatic rings. The first-order chi connectivity index (χ1) is 11.5. The van der Waals surface area contributed by atoms with Gasteiger partial charge in [-0.05, 0) is 55.4 Å². The number of aryl methyl sites for hydroxylation is 2. The predicted octanol–water partition coefficient (Wildman–Crippen LogP) is 1.76. The van der Waals surface area contributed by atoms with Gasteiger partial charge in [-0.25, -0.2) is 0 Å². The van der Waals surface area contributed by atoms with Crippen LogP contribution in [0.1, 0.15) is 17.5 Å². The molecule has 1 aromatic carbocycles. The van der Waals surface area contributed by atoms with E-state index < -0.39 is 5.92 Å². The van der Waals surface area contributed by atoms with Gasteiger partial charge in [-0.1, -0.05) is 6.07 Å². The van der Waals surface area contributed by atoms with Crippen molar-refractivity contribution in [1.29, 1.82) is 0 Å². The van der Waals surface area contributed by atoms with E-state index in [1.807, 2.05) is 30.9 Å². The standard InChI is InChI=1S/C19H25N3O2.ClH/c1-12-5-13(2)7-16(6-12)22-4-3-17(19(22)24)18(23)21-10-14-8-20-9-15(14)11-21;/h5-7,14-15,17,20H,3-4,8-11H2,1-2H3;1H/t14-,15+,17?;. The molecule has 4 rings (SSSR count). The molecule has 136 valence electrons. The van der Waals surface area contributed by atoms with Gasteiger partial charge in [-0.15, -0.1) is 12.4 Å². The predicted molar refractivity (Wildman–Crippen MR) is 100 cm³/mol. The summed E-state index contributed by atoms with van der Waals surface area (Å²) in [6, 6.07) is 6.16. The topological polar surface area (TPSA) is 52.7 Å². The van der Waals surface area contributed by atoms with Crippen LogP contribution in [-0.4, -0.2) is 49.4 Å². The largest absolute Gasteiger partial charge is 0.341 e. The van der Waals surface area contributed by atoms with E-state index in [9.17, 15) is 9.59 Å². The number of nitrogens with zero attached hydrogens (tertiary/aromatic N) is 2. The van der Waals surface area contributed by atoms with Crippen LogP contribution in [-0.2, 0) is 9.59 Å². The lowest BCUT2D eigenvalue weighted by Gasteiger charge is -2.22. The molecule has 0 saturated carbocycles. The van der Waals surface area contributed by atoms with Gasteiger partial charge >= 0.3 is 0 Å². The second-order valence-corrected chi connectivity index (χ2v) is 7.60. The summed E-state index contributed by atoms with van der Waals surface area (Å²) in [5, 5.41) is 3.39. The van der Waals surface area contributed by atoms with E-state index in [0.29, 0.717) is 24.8 Å². The number of rotatable bonds is 2. The smallest absolute Gasteiger partial charge is 0.239 e. The number of nitrogens with one attached hydrogen (secondary N) is 1. The Balaban J connectivity index is 0.00000182. The zero-order valence-corrected chi connectivity index (χ0v) is 15.6. The van der Waals surface area contributed by atoms with Crippen LogP contribution in [0.5, 0.6) is 0 Å². The van der Waals surface area contributed by atoms with Crippen molar-refractivity contribution in [2.24, 2.45) is 17.8 Å². The first-order valence-corrected chi connectivity index (χ1v) is 8.92. The van der Waals surface area contributed by atoms with E-state index in [4.69, 9.17) is 0 Å². The molecule has 3 aliphatic heterocycles. The molecule has 2 amide bonds. The summed E-state index contributed by atoms with van der Waals surface area (Å²) in [6.07, 6.45) is 0.634. The number of fused-ring (bicyclic) bond motifs is 1. The molecule has 1 aromatic rings. The number of hydrogen-bond donors (Lipinski definition) is 1. The van der Waals surface area contributed by atoms with Crippen molar-refractivity contribution in [3.8, 4) is 0 Å². The summed E-state index contributed by atoms with van der Waals surface area (Å²) in [5.41, 5.74) is 3.22. The highest BCUT2D eigenvalue weighted by molar-refractivity contribution is 6.09. The van der Waals surface area contributed by atoms with Gasteiger partial charge in [-0.2, -0.15) is 0 Å². The van der Waals surface area contributed by atoms with Gasteiger partial charge < -0.3 is 15.1 Å². The Morgan fingerprint density at radius 2 is 1.68 bits per heavy atom. The van der Waals surface area contributed by atoms with Crippen LogP contribution in [0.25, 0.3) is 0 Å². The number of anilines is 1. The molecule has 0 aliphatic carbocycles. The number of halogens is 1. The van der Waals surface area contributed by atoms with Crippen molar-refractivity contribution < 1.29 is 9.59 Å². The Labute approximate surface area is 155 Å². The molecular weight excluding hydrogens is 338 g/mol. The van der Waals surface area contributed by atoms with E-state index in [1.165, 1.54) is 0 Å². The molecule has 0 radical (unpaired) electrons. The zero-order chi connectivity index (χ0) is 16.8. The van der Waals surface area contributed by atoms with Gasteiger partial charge in [0.1, 0.15) is 5.92 Å². The fourth-order valence-corrected chi connectivity index (χ4v) is 4.53. The number of carbonyl (C=O) groups excluding carboxylic acids is 2. The second kappa shape index (κ2) is 6.96. The number of amides is 2. The van der Waals surface area contributed by atoms with Gasteiger partial charge in [0.25, 0.3) is 0 Å². The Morgan fingerprint density at radius 3 is 2.28 bits per heavy atom. The molecule has 3 heterocycles. The van der Waals surface area contributed by atoms with Crippen LogP contribution in [0.4, 0.5) is 5.69 Å². The average Bonchev–Trinajstić information content (AvgIpc) is 3.19. The molecule has 0 bridgehead atoms. The summed E-state index contributed by atoms with van der Waals surface area (Å²) in [6.45, 7) is 8.34. The Morgan fingerprint density at radius 1 is 1.08 bits per heavy atom. The lowest BCUT2D eigenvalue weighted by atomic mass is 10.0. The van der Waals surface area contributed by atoms with Crippen LogP contribution in [0.15, 0.2) is 18.2 Å². The van der Waals surface area contributed by atoms with Crippen molar-refractivity contribution in [2.75, 3.05) is 37.6 Å². The highest BCUT2D eigenvalue weighted by atomic mass is 35.5. The third-order valence-electron chi connectivity index (χ3n) is 5.72. The lowest BCUT2D eigenvalue weighted by Crippen LogP contribution is -2.40. The van der Waals surface area contributed by atoms with Crippen LogP contribution < -0.4 is 10.2 Å². The first kappa shape index (κ1) is 18.2. The minimum absolute atomic E-state index is 0. The molecule has 0 spiro atoms. The Kier molecular flexibility index (Phi) is 5.07. The summed E-state index contributed by atoms with van der Waals surface area (Å²) in [7, 11) is 0. The van der Waals surface area contributed by atoms with Crippen LogP contribution in [0.3, 0.4) is 0 Å². The molecule has 0 aromatic heterocycles. The monoisotopic (exact) mass is 363 g/mol. The number of benzene rings is 1. The zero-order valence-electron chi connectivity index (χ0n) is 14.8. The molecule has 25 heavy (non-hydrogen) atoms. The molecule has 3 fully saturated rings. The second-order valence-electron chi connectivity index (χ2n) is 7.60.